The van der Waals surface area contributed by atoms with Crippen LogP contribution in [0.3, 0.4) is 0 Å². The summed E-state index contributed by atoms with van der Waals surface area (Å²) in [5.41, 5.74) is 4.27. The Morgan fingerprint density at radius 2 is 0.889 bits per heavy atom. The van der Waals surface area contributed by atoms with Gasteiger partial charge in [0.1, 0.15) is 5.78 Å². The second kappa shape index (κ2) is 12.3. The molecule has 0 heterocycles. The van der Waals surface area contributed by atoms with Crippen molar-refractivity contribution in [2.24, 2.45) is 0 Å². The van der Waals surface area contributed by atoms with E-state index in [1.807, 2.05) is 97.1 Å². The smallest absolute Gasteiger partial charge is 0.138 e. The number of hydrogen-bond donors (Lipinski definition) is 2. The summed E-state index contributed by atoms with van der Waals surface area (Å²) in [4.78, 5) is 12.8. The molecule has 176 valence electrons. The summed E-state index contributed by atoms with van der Waals surface area (Å²) in [6, 6.07) is 33.7. The van der Waals surface area contributed by atoms with Crippen LogP contribution in [0, 0.1) is 23.7 Å². The number of aliphatic hydroxyl groups is 2. The Kier molecular flexibility index (Phi) is 8.47. The topological polar surface area (TPSA) is 57.5 Å². The van der Waals surface area contributed by atoms with E-state index in [-0.39, 0.29) is 18.6 Å². The molecule has 0 saturated heterocycles. The Morgan fingerprint density at radius 3 is 1.31 bits per heavy atom. The van der Waals surface area contributed by atoms with Gasteiger partial charge >= 0.3 is 0 Å². The summed E-state index contributed by atoms with van der Waals surface area (Å²) in [5, 5.41) is 21.6. The average Bonchev–Trinajstić information content (AvgIpc) is 2.92. The molecule has 0 bridgehead atoms. The van der Waals surface area contributed by atoms with Crippen LogP contribution in [-0.2, 0) is 4.79 Å². The third-order valence-corrected chi connectivity index (χ3v) is 5.71. The van der Waals surface area contributed by atoms with Crippen molar-refractivity contribution in [2.75, 3.05) is 0 Å². The molecule has 3 heteroatoms. The van der Waals surface area contributed by atoms with Gasteiger partial charge in [-0.2, -0.15) is 0 Å². The fourth-order valence-corrected chi connectivity index (χ4v) is 3.86. The fourth-order valence-electron chi connectivity index (χ4n) is 3.86. The number of carbonyl (C=O) groups is 1. The molecule has 36 heavy (non-hydrogen) atoms. The lowest BCUT2D eigenvalue weighted by molar-refractivity contribution is -0.123. The van der Waals surface area contributed by atoms with Gasteiger partial charge in [0.15, 0.2) is 0 Å². The first kappa shape index (κ1) is 24.7. The number of carbonyl (C=O) groups excluding carboxylic acids is 1. The lowest BCUT2D eigenvalue weighted by atomic mass is 9.94. The zero-order chi connectivity index (χ0) is 25.2. The van der Waals surface area contributed by atoms with Crippen molar-refractivity contribution in [1.29, 1.82) is 0 Å². The first-order valence-corrected chi connectivity index (χ1v) is 11.8. The zero-order valence-electron chi connectivity index (χ0n) is 19.8. The van der Waals surface area contributed by atoms with Crippen LogP contribution in [0.4, 0.5) is 0 Å². The van der Waals surface area contributed by atoms with Gasteiger partial charge in [0.05, 0.1) is 12.2 Å². The molecule has 0 fully saturated rings. The molecule has 0 unspecified atom stereocenters. The summed E-state index contributed by atoms with van der Waals surface area (Å²) in [5.74, 6) is 12.1. The van der Waals surface area contributed by atoms with E-state index >= 15 is 0 Å². The van der Waals surface area contributed by atoms with E-state index in [1.54, 1.807) is 12.1 Å². The molecule has 4 rings (SSSR count). The molecule has 0 aliphatic heterocycles. The molecule has 4 aromatic rings. The minimum atomic E-state index is -1.01. The highest BCUT2D eigenvalue weighted by atomic mass is 16.3. The zero-order valence-corrected chi connectivity index (χ0v) is 19.8. The molecule has 0 aromatic heterocycles. The Bertz CT molecular complexity index is 1320. The summed E-state index contributed by atoms with van der Waals surface area (Å²) >= 11 is 0. The Balaban J connectivity index is 1.44. The SMILES string of the molecule is O=C(C[C@@H](O)c1ccccc1C#Cc1ccccc1)C[C@@H](O)c1ccccc1C#Cc1ccccc1. The average molecular weight is 471 g/mol. The van der Waals surface area contributed by atoms with Gasteiger partial charge in [-0.05, 0) is 47.5 Å². The van der Waals surface area contributed by atoms with Crippen molar-refractivity contribution in [1.82, 2.24) is 0 Å². The van der Waals surface area contributed by atoms with Crippen molar-refractivity contribution >= 4 is 5.78 Å². The number of ketones is 1. The molecule has 0 spiro atoms. The van der Waals surface area contributed by atoms with Gasteiger partial charge in [-0.25, -0.2) is 0 Å². The Hall–Kier alpha value is -4.41. The second-order valence-electron chi connectivity index (χ2n) is 8.39. The second-order valence-corrected chi connectivity index (χ2v) is 8.39. The van der Waals surface area contributed by atoms with Crippen LogP contribution >= 0.6 is 0 Å². The first-order chi connectivity index (χ1) is 17.6. The van der Waals surface area contributed by atoms with Crippen molar-refractivity contribution in [3.8, 4) is 23.7 Å². The number of benzene rings is 4. The van der Waals surface area contributed by atoms with E-state index in [4.69, 9.17) is 0 Å². The molecule has 3 nitrogen and oxygen atoms in total. The summed E-state index contributed by atoms with van der Waals surface area (Å²) < 4.78 is 0. The minimum absolute atomic E-state index is 0.112. The Morgan fingerprint density at radius 1 is 0.528 bits per heavy atom. The number of rotatable bonds is 6. The van der Waals surface area contributed by atoms with Crippen LogP contribution in [-0.4, -0.2) is 16.0 Å². The minimum Gasteiger partial charge on any atom is -0.388 e. The van der Waals surface area contributed by atoms with Crippen LogP contribution in [0.5, 0.6) is 0 Å². The lowest BCUT2D eigenvalue weighted by Gasteiger charge is -2.15. The van der Waals surface area contributed by atoms with Crippen LogP contribution in [0.15, 0.2) is 109 Å². The predicted molar refractivity (Wildman–Crippen MR) is 142 cm³/mol. The molecule has 4 aromatic carbocycles. The van der Waals surface area contributed by atoms with Crippen LogP contribution in [0.2, 0.25) is 0 Å². The van der Waals surface area contributed by atoms with Gasteiger partial charge in [-0.15, -0.1) is 0 Å². The van der Waals surface area contributed by atoms with E-state index in [2.05, 4.69) is 23.7 Å². The molecular formula is C33H26O3. The Labute approximate surface area is 212 Å². The predicted octanol–water partition coefficient (Wildman–Crippen LogP) is 5.60. The summed E-state index contributed by atoms with van der Waals surface area (Å²) in [6.45, 7) is 0. The number of Topliss-reactive ketones (excluding diaryl/α,β-unsaturated/α-hetero) is 1. The summed E-state index contributed by atoms with van der Waals surface area (Å²) in [7, 11) is 0. The highest BCUT2D eigenvalue weighted by Gasteiger charge is 2.20. The maximum absolute atomic E-state index is 12.8. The molecule has 0 aliphatic carbocycles. The quantitative estimate of drug-likeness (QED) is 0.361. The van der Waals surface area contributed by atoms with Gasteiger partial charge in [0.25, 0.3) is 0 Å². The largest absolute Gasteiger partial charge is 0.388 e. The van der Waals surface area contributed by atoms with Crippen LogP contribution < -0.4 is 0 Å². The highest BCUT2D eigenvalue weighted by Crippen LogP contribution is 2.25. The van der Waals surface area contributed by atoms with E-state index < -0.39 is 12.2 Å². The molecule has 2 N–H and O–H groups in total. The molecule has 0 saturated carbocycles. The monoisotopic (exact) mass is 470 g/mol. The molecular weight excluding hydrogens is 444 g/mol. The summed E-state index contributed by atoms with van der Waals surface area (Å²) in [6.07, 6.45) is -2.25. The number of hydrogen-bond acceptors (Lipinski definition) is 3. The van der Waals surface area contributed by atoms with Crippen LogP contribution in [0.25, 0.3) is 0 Å². The molecule has 2 atom stereocenters. The fraction of sp³-hybridized carbons (Fsp3) is 0.121. The van der Waals surface area contributed by atoms with Gasteiger partial charge < -0.3 is 10.2 Å². The first-order valence-electron chi connectivity index (χ1n) is 11.8. The highest BCUT2D eigenvalue weighted by molar-refractivity contribution is 5.80. The molecule has 0 amide bonds. The van der Waals surface area contributed by atoms with E-state index in [0.717, 1.165) is 11.1 Å². The van der Waals surface area contributed by atoms with Gasteiger partial charge in [-0.3, -0.25) is 4.79 Å². The van der Waals surface area contributed by atoms with Gasteiger partial charge in [0, 0.05) is 35.1 Å². The van der Waals surface area contributed by atoms with Crippen molar-refractivity contribution in [2.45, 2.75) is 25.0 Å². The third kappa shape index (κ3) is 6.81. The molecule has 0 aliphatic rings. The van der Waals surface area contributed by atoms with E-state index in [1.165, 1.54) is 0 Å². The van der Waals surface area contributed by atoms with Crippen molar-refractivity contribution in [3.63, 3.8) is 0 Å². The van der Waals surface area contributed by atoms with Crippen molar-refractivity contribution in [3.05, 3.63) is 143 Å². The normalized spacial score (nSPS) is 11.8. The van der Waals surface area contributed by atoms with E-state index in [9.17, 15) is 15.0 Å². The molecule has 0 radical (unpaired) electrons. The maximum atomic E-state index is 12.8. The van der Waals surface area contributed by atoms with Crippen molar-refractivity contribution < 1.29 is 15.0 Å². The van der Waals surface area contributed by atoms with E-state index in [0.29, 0.717) is 22.3 Å². The number of aliphatic hydroxyl groups excluding tert-OH is 2. The third-order valence-electron chi connectivity index (χ3n) is 5.71. The van der Waals surface area contributed by atoms with Gasteiger partial charge in [0.2, 0.25) is 0 Å². The lowest BCUT2D eigenvalue weighted by Crippen LogP contribution is -2.12. The standard InChI is InChI=1S/C33H26O3/c34-29(23-32(35)30-17-9-7-15-27(30)21-19-25-11-3-1-4-12-25)24-33(36)31-18-10-8-16-28(31)22-20-26-13-5-2-6-14-26/h1-18,32-33,35-36H,23-24H2/t32-,33-/m1/s1. The van der Waals surface area contributed by atoms with Gasteiger partial charge in [-0.1, -0.05) is 96.5 Å². The maximum Gasteiger partial charge on any atom is 0.138 e. The van der Waals surface area contributed by atoms with Crippen LogP contribution in [0.1, 0.15) is 58.4 Å².